The maximum atomic E-state index is 5.35. The van der Waals surface area contributed by atoms with Crippen LogP contribution in [0.2, 0.25) is 0 Å². The Morgan fingerprint density at radius 2 is 2.17 bits per heavy atom. The summed E-state index contributed by atoms with van der Waals surface area (Å²) in [6.45, 7) is 6.91. The fraction of sp³-hybridized carbons (Fsp3) is 0.833. The van der Waals surface area contributed by atoms with Crippen molar-refractivity contribution in [3.05, 3.63) is 11.7 Å². The topological polar surface area (TPSA) is 69.4 Å². The molecule has 0 fully saturated rings. The summed E-state index contributed by atoms with van der Waals surface area (Å²) in [5.41, 5.74) is 0. The predicted molar refractivity (Wildman–Crippen MR) is 67.5 cm³/mol. The van der Waals surface area contributed by atoms with E-state index >= 15 is 0 Å². The highest BCUT2D eigenvalue weighted by molar-refractivity contribution is 4.88. The Bertz CT molecular complexity index is 317. The molecule has 0 saturated heterocycles. The van der Waals surface area contributed by atoms with Gasteiger partial charge in [0.2, 0.25) is 5.89 Å². The molecule has 1 heterocycles. The van der Waals surface area contributed by atoms with Gasteiger partial charge in [-0.05, 0) is 13.5 Å². The van der Waals surface area contributed by atoms with E-state index in [4.69, 9.17) is 14.0 Å². The number of likely N-dealkylation sites (N-methyl/N-ethyl adjacent to an activating group) is 1. The van der Waals surface area contributed by atoms with Crippen LogP contribution in [0.3, 0.4) is 0 Å². The van der Waals surface area contributed by atoms with E-state index in [0.29, 0.717) is 44.0 Å². The molecule has 104 valence electrons. The minimum Gasteiger partial charge on any atom is -0.382 e. The van der Waals surface area contributed by atoms with E-state index in [0.717, 1.165) is 13.0 Å². The Kier molecular flexibility index (Phi) is 7.55. The zero-order chi connectivity index (χ0) is 13.2. The highest BCUT2D eigenvalue weighted by Crippen LogP contribution is 2.02. The molecule has 0 aromatic carbocycles. The first-order chi connectivity index (χ1) is 8.76. The van der Waals surface area contributed by atoms with Gasteiger partial charge in [0.25, 0.3) is 0 Å². The lowest BCUT2D eigenvalue weighted by molar-refractivity contribution is 0.0714. The zero-order valence-electron chi connectivity index (χ0n) is 11.4. The maximum Gasteiger partial charge on any atom is 0.228 e. The van der Waals surface area contributed by atoms with Gasteiger partial charge in [-0.1, -0.05) is 12.1 Å². The van der Waals surface area contributed by atoms with Crippen LogP contribution in [-0.2, 0) is 22.3 Å². The molecular weight excluding hydrogens is 234 g/mol. The molecule has 1 aromatic rings. The van der Waals surface area contributed by atoms with Crippen LogP contribution in [0.1, 0.15) is 25.6 Å². The fourth-order valence-electron chi connectivity index (χ4n) is 1.56. The zero-order valence-corrected chi connectivity index (χ0v) is 11.4. The normalized spacial score (nSPS) is 12.8. The summed E-state index contributed by atoms with van der Waals surface area (Å²) in [6, 6.07) is 0.348. The van der Waals surface area contributed by atoms with Gasteiger partial charge in [-0.2, -0.15) is 4.98 Å². The fourth-order valence-corrected chi connectivity index (χ4v) is 1.56. The number of ether oxygens (including phenoxy) is 2. The third-order valence-corrected chi connectivity index (χ3v) is 2.45. The quantitative estimate of drug-likeness (QED) is 0.626. The van der Waals surface area contributed by atoms with Gasteiger partial charge in [0.05, 0.1) is 19.8 Å². The van der Waals surface area contributed by atoms with Crippen LogP contribution in [0.4, 0.5) is 0 Å². The van der Waals surface area contributed by atoms with Gasteiger partial charge in [0.1, 0.15) is 0 Å². The van der Waals surface area contributed by atoms with E-state index in [9.17, 15) is 0 Å². The van der Waals surface area contributed by atoms with Crippen molar-refractivity contribution in [1.29, 1.82) is 0 Å². The Morgan fingerprint density at radius 1 is 1.33 bits per heavy atom. The molecule has 1 atom stereocenters. The molecule has 0 radical (unpaired) electrons. The van der Waals surface area contributed by atoms with E-state index < -0.39 is 0 Å². The van der Waals surface area contributed by atoms with E-state index in [1.807, 2.05) is 0 Å². The third kappa shape index (κ3) is 6.09. The largest absolute Gasteiger partial charge is 0.382 e. The summed E-state index contributed by atoms with van der Waals surface area (Å²) in [5, 5.41) is 7.23. The van der Waals surface area contributed by atoms with E-state index in [-0.39, 0.29) is 0 Å². The lowest BCUT2D eigenvalue weighted by atomic mass is 10.2. The summed E-state index contributed by atoms with van der Waals surface area (Å²) in [5.74, 6) is 1.38. The lowest BCUT2D eigenvalue weighted by Gasteiger charge is -2.07. The molecule has 1 N–H and O–H groups in total. The minimum atomic E-state index is 0.348. The molecule has 0 amide bonds. The summed E-state index contributed by atoms with van der Waals surface area (Å²) in [7, 11) is 1.65. The number of rotatable bonds is 10. The Morgan fingerprint density at radius 3 is 2.89 bits per heavy atom. The average molecular weight is 257 g/mol. The van der Waals surface area contributed by atoms with Crippen molar-refractivity contribution in [3.63, 3.8) is 0 Å². The highest BCUT2D eigenvalue weighted by atomic mass is 16.5. The lowest BCUT2D eigenvalue weighted by Crippen LogP contribution is -2.27. The molecule has 6 heteroatoms. The molecule has 18 heavy (non-hydrogen) atoms. The number of nitrogens with zero attached hydrogens (tertiary/aromatic N) is 2. The predicted octanol–water partition coefficient (Wildman–Crippen LogP) is 0.816. The second kappa shape index (κ2) is 9.02. The third-order valence-electron chi connectivity index (χ3n) is 2.45. The van der Waals surface area contributed by atoms with Crippen molar-refractivity contribution >= 4 is 0 Å². The maximum absolute atomic E-state index is 5.35. The van der Waals surface area contributed by atoms with Crippen molar-refractivity contribution in [1.82, 2.24) is 15.5 Å². The Balaban J connectivity index is 2.21. The van der Waals surface area contributed by atoms with Gasteiger partial charge in [-0.3, -0.25) is 0 Å². The molecule has 0 bridgehead atoms. The van der Waals surface area contributed by atoms with Crippen LogP contribution < -0.4 is 5.32 Å². The smallest absolute Gasteiger partial charge is 0.228 e. The van der Waals surface area contributed by atoms with Gasteiger partial charge < -0.3 is 19.3 Å². The van der Waals surface area contributed by atoms with Crippen molar-refractivity contribution in [2.24, 2.45) is 0 Å². The standard InChI is InChI=1S/C12H23N3O3/c1-4-13-10(2)9-12-14-11(15-18-12)5-6-17-8-7-16-3/h10,13H,4-9H2,1-3H3. The first-order valence-corrected chi connectivity index (χ1v) is 6.37. The van der Waals surface area contributed by atoms with Crippen molar-refractivity contribution in [2.45, 2.75) is 32.7 Å². The summed E-state index contributed by atoms with van der Waals surface area (Å²) in [4.78, 5) is 4.32. The van der Waals surface area contributed by atoms with E-state index in [2.05, 4.69) is 29.3 Å². The molecule has 1 unspecified atom stereocenters. The van der Waals surface area contributed by atoms with E-state index in [1.165, 1.54) is 0 Å². The molecule has 1 rings (SSSR count). The molecule has 1 aromatic heterocycles. The van der Waals surface area contributed by atoms with Gasteiger partial charge in [0.15, 0.2) is 5.82 Å². The van der Waals surface area contributed by atoms with Crippen LogP contribution in [0.5, 0.6) is 0 Å². The Labute approximate surface area is 108 Å². The van der Waals surface area contributed by atoms with Gasteiger partial charge in [-0.25, -0.2) is 0 Å². The Hall–Kier alpha value is -0.980. The van der Waals surface area contributed by atoms with Crippen molar-refractivity contribution < 1.29 is 14.0 Å². The molecular formula is C12H23N3O3. The second-order valence-electron chi connectivity index (χ2n) is 4.12. The molecule has 0 saturated carbocycles. The summed E-state index contributed by atoms with van der Waals surface area (Å²) in [6.07, 6.45) is 1.42. The summed E-state index contributed by atoms with van der Waals surface area (Å²) < 4.78 is 15.4. The number of hydrogen-bond donors (Lipinski definition) is 1. The minimum absolute atomic E-state index is 0.348. The first-order valence-electron chi connectivity index (χ1n) is 6.37. The van der Waals surface area contributed by atoms with Crippen LogP contribution in [0.15, 0.2) is 4.52 Å². The van der Waals surface area contributed by atoms with Crippen LogP contribution in [-0.4, -0.2) is 49.7 Å². The van der Waals surface area contributed by atoms with Gasteiger partial charge >= 0.3 is 0 Å². The number of hydrogen-bond acceptors (Lipinski definition) is 6. The van der Waals surface area contributed by atoms with Crippen molar-refractivity contribution in [2.75, 3.05) is 33.5 Å². The second-order valence-corrected chi connectivity index (χ2v) is 4.12. The molecule has 6 nitrogen and oxygen atoms in total. The average Bonchev–Trinajstić information content (AvgIpc) is 2.77. The van der Waals surface area contributed by atoms with Gasteiger partial charge in [-0.15, -0.1) is 0 Å². The number of methoxy groups -OCH3 is 1. The van der Waals surface area contributed by atoms with Crippen LogP contribution in [0.25, 0.3) is 0 Å². The number of nitrogens with one attached hydrogen (secondary N) is 1. The number of aromatic nitrogens is 2. The molecule has 0 aliphatic heterocycles. The van der Waals surface area contributed by atoms with Crippen molar-refractivity contribution in [3.8, 4) is 0 Å². The van der Waals surface area contributed by atoms with Crippen LogP contribution in [0, 0.1) is 0 Å². The highest BCUT2D eigenvalue weighted by Gasteiger charge is 2.09. The van der Waals surface area contributed by atoms with Crippen LogP contribution >= 0.6 is 0 Å². The molecule has 0 spiro atoms. The first kappa shape index (κ1) is 15.1. The summed E-state index contributed by atoms with van der Waals surface area (Å²) >= 11 is 0. The SMILES string of the molecule is CCNC(C)Cc1nc(CCOCCOC)no1. The van der Waals surface area contributed by atoms with Gasteiger partial charge in [0, 0.05) is 26.0 Å². The molecule has 0 aliphatic rings. The molecule has 0 aliphatic carbocycles. The van der Waals surface area contributed by atoms with E-state index in [1.54, 1.807) is 7.11 Å². The monoisotopic (exact) mass is 257 g/mol.